The minimum absolute atomic E-state index is 0.122. The molecule has 0 bridgehead atoms. The van der Waals surface area contributed by atoms with Crippen molar-refractivity contribution in [3.63, 3.8) is 0 Å². The van der Waals surface area contributed by atoms with Gasteiger partial charge in [0.05, 0.1) is 0 Å². The molecular formula is C11H20N2O2. The standard InChI is InChI=1S/C11H20N2O2/c1-2-13-11(14)15-10-6-4-3-5-9(12)7-8-10/h4,6,9-10H,2-3,5,7-8,12H2,1H3,(H,13,14)/b6-4+. The predicted molar refractivity (Wildman–Crippen MR) is 59.5 cm³/mol. The van der Waals surface area contributed by atoms with Crippen LogP contribution in [-0.4, -0.2) is 24.8 Å². The molecule has 0 spiro atoms. The maximum Gasteiger partial charge on any atom is 0.407 e. The van der Waals surface area contributed by atoms with E-state index in [-0.39, 0.29) is 18.2 Å². The summed E-state index contributed by atoms with van der Waals surface area (Å²) in [6, 6.07) is 0.232. The highest BCUT2D eigenvalue weighted by Gasteiger charge is 2.14. The molecule has 0 aliphatic heterocycles. The summed E-state index contributed by atoms with van der Waals surface area (Å²) in [4.78, 5) is 11.2. The lowest BCUT2D eigenvalue weighted by Gasteiger charge is -2.19. The number of allylic oxidation sites excluding steroid dienone is 1. The van der Waals surface area contributed by atoms with Gasteiger partial charge in [-0.2, -0.15) is 0 Å². The molecule has 3 N–H and O–H groups in total. The van der Waals surface area contributed by atoms with Crippen LogP contribution in [0.15, 0.2) is 12.2 Å². The van der Waals surface area contributed by atoms with Gasteiger partial charge < -0.3 is 15.8 Å². The van der Waals surface area contributed by atoms with Crippen LogP contribution in [0.3, 0.4) is 0 Å². The molecule has 4 nitrogen and oxygen atoms in total. The molecule has 2 unspecified atom stereocenters. The highest BCUT2D eigenvalue weighted by molar-refractivity contribution is 5.67. The van der Waals surface area contributed by atoms with Crippen LogP contribution in [-0.2, 0) is 4.74 Å². The van der Waals surface area contributed by atoms with E-state index in [1.165, 1.54) is 0 Å². The first-order chi connectivity index (χ1) is 7.22. The zero-order chi connectivity index (χ0) is 11.1. The number of carbonyl (C=O) groups is 1. The first-order valence-electron chi connectivity index (χ1n) is 5.59. The summed E-state index contributed by atoms with van der Waals surface area (Å²) in [6.45, 7) is 2.46. The average molecular weight is 212 g/mol. The summed E-state index contributed by atoms with van der Waals surface area (Å²) in [6.07, 6.45) is 7.25. The maximum atomic E-state index is 11.2. The van der Waals surface area contributed by atoms with E-state index < -0.39 is 0 Å². The van der Waals surface area contributed by atoms with Crippen molar-refractivity contribution in [2.45, 2.75) is 44.8 Å². The van der Waals surface area contributed by atoms with Gasteiger partial charge in [-0.05, 0) is 38.7 Å². The van der Waals surface area contributed by atoms with E-state index in [0.29, 0.717) is 6.54 Å². The van der Waals surface area contributed by atoms with Crippen molar-refractivity contribution in [1.29, 1.82) is 0 Å². The monoisotopic (exact) mass is 212 g/mol. The normalized spacial score (nSPS) is 28.7. The lowest BCUT2D eigenvalue weighted by molar-refractivity contribution is 0.113. The third kappa shape index (κ3) is 4.83. The van der Waals surface area contributed by atoms with Crippen molar-refractivity contribution in [1.82, 2.24) is 5.32 Å². The maximum absolute atomic E-state index is 11.2. The van der Waals surface area contributed by atoms with E-state index in [2.05, 4.69) is 5.32 Å². The summed E-state index contributed by atoms with van der Waals surface area (Å²) in [5.41, 5.74) is 5.87. The number of amides is 1. The van der Waals surface area contributed by atoms with E-state index in [9.17, 15) is 4.79 Å². The highest BCUT2D eigenvalue weighted by atomic mass is 16.6. The first kappa shape index (κ1) is 12.0. The Kier molecular flexibility index (Phi) is 5.18. The summed E-state index contributed by atoms with van der Waals surface area (Å²) in [7, 11) is 0. The fourth-order valence-corrected chi connectivity index (χ4v) is 1.60. The van der Waals surface area contributed by atoms with Gasteiger partial charge >= 0.3 is 6.09 Å². The van der Waals surface area contributed by atoms with Gasteiger partial charge in [-0.25, -0.2) is 4.79 Å². The first-order valence-corrected chi connectivity index (χ1v) is 5.59. The van der Waals surface area contributed by atoms with E-state index in [0.717, 1.165) is 25.7 Å². The van der Waals surface area contributed by atoms with Gasteiger partial charge in [0.15, 0.2) is 0 Å². The number of rotatable bonds is 2. The number of nitrogens with one attached hydrogen (secondary N) is 1. The lowest BCUT2D eigenvalue weighted by atomic mass is 10.0. The molecule has 15 heavy (non-hydrogen) atoms. The van der Waals surface area contributed by atoms with Crippen LogP contribution >= 0.6 is 0 Å². The van der Waals surface area contributed by atoms with Crippen LogP contribution in [0.2, 0.25) is 0 Å². The second-order valence-electron chi connectivity index (χ2n) is 3.82. The number of hydrogen-bond acceptors (Lipinski definition) is 3. The Hall–Kier alpha value is -1.03. The lowest BCUT2D eigenvalue weighted by Crippen LogP contribution is -2.30. The number of carbonyl (C=O) groups excluding carboxylic acids is 1. The van der Waals surface area contributed by atoms with Gasteiger partial charge in [0.25, 0.3) is 0 Å². The van der Waals surface area contributed by atoms with Gasteiger partial charge in [-0.3, -0.25) is 0 Å². The minimum atomic E-state index is -0.346. The van der Waals surface area contributed by atoms with Crippen molar-refractivity contribution in [2.75, 3.05) is 6.54 Å². The Morgan fingerprint density at radius 3 is 3.07 bits per heavy atom. The van der Waals surface area contributed by atoms with Crippen molar-refractivity contribution in [3.05, 3.63) is 12.2 Å². The third-order valence-electron chi connectivity index (χ3n) is 2.46. The molecule has 0 saturated carbocycles. The molecule has 0 aromatic rings. The largest absolute Gasteiger partial charge is 0.442 e. The molecule has 0 aromatic heterocycles. The molecule has 1 aliphatic rings. The van der Waals surface area contributed by atoms with Gasteiger partial charge in [0, 0.05) is 12.6 Å². The fourth-order valence-electron chi connectivity index (χ4n) is 1.60. The third-order valence-corrected chi connectivity index (χ3v) is 2.46. The fraction of sp³-hybridized carbons (Fsp3) is 0.727. The summed E-state index contributed by atoms with van der Waals surface area (Å²) < 4.78 is 5.22. The molecule has 4 heteroatoms. The van der Waals surface area contributed by atoms with Crippen LogP contribution < -0.4 is 11.1 Å². The van der Waals surface area contributed by atoms with E-state index in [1.807, 2.05) is 19.1 Å². The second kappa shape index (κ2) is 6.45. The van der Waals surface area contributed by atoms with Gasteiger partial charge in [0.2, 0.25) is 0 Å². The van der Waals surface area contributed by atoms with Crippen molar-refractivity contribution < 1.29 is 9.53 Å². The molecule has 1 aliphatic carbocycles. The molecule has 1 amide bonds. The average Bonchev–Trinajstić information content (AvgIpc) is 2.17. The number of hydrogen-bond donors (Lipinski definition) is 2. The van der Waals surface area contributed by atoms with Crippen molar-refractivity contribution in [3.8, 4) is 0 Å². The van der Waals surface area contributed by atoms with Crippen LogP contribution in [0.1, 0.15) is 32.6 Å². The quantitative estimate of drug-likeness (QED) is 0.683. The highest BCUT2D eigenvalue weighted by Crippen LogP contribution is 2.13. The van der Waals surface area contributed by atoms with Gasteiger partial charge in [0.1, 0.15) is 6.10 Å². The van der Waals surface area contributed by atoms with Crippen molar-refractivity contribution in [2.24, 2.45) is 5.73 Å². The zero-order valence-electron chi connectivity index (χ0n) is 9.24. The molecule has 0 saturated heterocycles. The Bertz CT molecular complexity index is 229. The van der Waals surface area contributed by atoms with Crippen LogP contribution in [0.25, 0.3) is 0 Å². The predicted octanol–water partition coefficient (Wildman–Crippen LogP) is 1.56. The zero-order valence-corrected chi connectivity index (χ0v) is 9.24. The Labute approximate surface area is 90.9 Å². The summed E-state index contributed by atoms with van der Waals surface area (Å²) >= 11 is 0. The summed E-state index contributed by atoms with van der Waals surface area (Å²) in [5, 5.41) is 2.61. The molecule has 86 valence electrons. The molecule has 0 fully saturated rings. The van der Waals surface area contributed by atoms with E-state index in [1.54, 1.807) is 0 Å². The molecular weight excluding hydrogens is 192 g/mol. The topological polar surface area (TPSA) is 64.3 Å². The van der Waals surface area contributed by atoms with Crippen molar-refractivity contribution >= 4 is 6.09 Å². The van der Waals surface area contributed by atoms with Gasteiger partial charge in [-0.15, -0.1) is 0 Å². The Morgan fingerprint density at radius 2 is 2.33 bits per heavy atom. The Balaban J connectivity index is 2.38. The molecule has 0 radical (unpaired) electrons. The summed E-state index contributed by atoms with van der Waals surface area (Å²) in [5.74, 6) is 0. The minimum Gasteiger partial charge on any atom is -0.442 e. The Morgan fingerprint density at radius 1 is 1.53 bits per heavy atom. The van der Waals surface area contributed by atoms with Crippen LogP contribution in [0.5, 0.6) is 0 Å². The van der Waals surface area contributed by atoms with Crippen LogP contribution in [0, 0.1) is 0 Å². The smallest absolute Gasteiger partial charge is 0.407 e. The van der Waals surface area contributed by atoms with Gasteiger partial charge in [-0.1, -0.05) is 6.08 Å². The van der Waals surface area contributed by atoms with E-state index >= 15 is 0 Å². The number of ether oxygens (including phenoxy) is 1. The molecule has 1 rings (SSSR count). The molecule has 0 aromatic carbocycles. The molecule has 0 heterocycles. The van der Waals surface area contributed by atoms with Crippen LogP contribution in [0.4, 0.5) is 4.79 Å². The number of alkyl carbamates (subject to hydrolysis) is 1. The number of nitrogens with two attached hydrogens (primary N) is 1. The second-order valence-corrected chi connectivity index (χ2v) is 3.82. The molecule has 2 atom stereocenters. The SMILES string of the molecule is CCNC(=O)OC1/C=C/CCC(N)CC1. The van der Waals surface area contributed by atoms with E-state index in [4.69, 9.17) is 10.5 Å².